The molecule has 116 valence electrons. The highest BCUT2D eigenvalue weighted by Gasteiger charge is 2.15. The third kappa shape index (κ3) is 2.68. The average Bonchev–Trinajstić information content (AvgIpc) is 2.83. The number of rotatable bonds is 3. The number of nitrogens with two attached hydrogens (primary N) is 1. The Labute approximate surface area is 134 Å². The Morgan fingerprint density at radius 2 is 1.65 bits per heavy atom. The fourth-order valence-corrected chi connectivity index (χ4v) is 2.71. The molecule has 1 aromatic heterocycles. The van der Waals surface area contributed by atoms with Crippen LogP contribution in [-0.2, 0) is 0 Å². The molecule has 0 fully saturated rings. The number of nitrogen functional groups attached to an aromatic ring is 1. The van der Waals surface area contributed by atoms with Gasteiger partial charge in [0.25, 0.3) is 0 Å². The van der Waals surface area contributed by atoms with E-state index in [0.29, 0.717) is 5.69 Å². The SMILES string of the molecule is Cc1nn(-c2ccc(N)cc2)c(C)c1-c1ccc(C(=O)O)cc1. The van der Waals surface area contributed by atoms with Crippen molar-refractivity contribution in [3.8, 4) is 16.8 Å². The zero-order chi connectivity index (χ0) is 16.6. The summed E-state index contributed by atoms with van der Waals surface area (Å²) in [6.07, 6.45) is 0. The molecule has 2 aromatic carbocycles. The summed E-state index contributed by atoms with van der Waals surface area (Å²) in [6.45, 7) is 3.94. The van der Waals surface area contributed by atoms with Crippen LogP contribution in [-0.4, -0.2) is 20.9 Å². The number of anilines is 1. The van der Waals surface area contributed by atoms with E-state index in [0.717, 1.165) is 28.2 Å². The van der Waals surface area contributed by atoms with E-state index < -0.39 is 5.97 Å². The molecule has 1 heterocycles. The van der Waals surface area contributed by atoms with Gasteiger partial charge >= 0.3 is 5.97 Å². The van der Waals surface area contributed by atoms with Gasteiger partial charge in [-0.2, -0.15) is 5.10 Å². The maximum absolute atomic E-state index is 11.0. The van der Waals surface area contributed by atoms with Gasteiger partial charge in [0.15, 0.2) is 0 Å². The Morgan fingerprint density at radius 3 is 2.22 bits per heavy atom. The van der Waals surface area contributed by atoms with Gasteiger partial charge in [-0.15, -0.1) is 0 Å². The number of aromatic nitrogens is 2. The molecule has 0 atom stereocenters. The summed E-state index contributed by atoms with van der Waals surface area (Å²) in [5.74, 6) is -0.928. The first-order valence-electron chi connectivity index (χ1n) is 7.23. The maximum Gasteiger partial charge on any atom is 0.335 e. The second kappa shape index (κ2) is 5.61. The molecule has 0 bridgehead atoms. The highest BCUT2D eigenvalue weighted by molar-refractivity contribution is 5.88. The third-order valence-corrected chi connectivity index (χ3v) is 3.85. The highest BCUT2D eigenvalue weighted by Crippen LogP contribution is 2.29. The fraction of sp³-hybridized carbons (Fsp3) is 0.111. The summed E-state index contributed by atoms with van der Waals surface area (Å²) in [5, 5.41) is 13.6. The Balaban J connectivity index is 2.07. The minimum Gasteiger partial charge on any atom is -0.478 e. The average molecular weight is 307 g/mol. The van der Waals surface area contributed by atoms with Gasteiger partial charge in [-0.25, -0.2) is 9.48 Å². The lowest BCUT2D eigenvalue weighted by molar-refractivity contribution is 0.0697. The molecule has 0 aliphatic carbocycles. The number of hydrogen-bond acceptors (Lipinski definition) is 3. The first kappa shape index (κ1) is 14.8. The van der Waals surface area contributed by atoms with Crippen molar-refractivity contribution in [3.05, 3.63) is 65.5 Å². The molecule has 3 N–H and O–H groups in total. The Bertz CT molecular complexity index is 863. The van der Waals surface area contributed by atoms with E-state index in [-0.39, 0.29) is 5.56 Å². The number of hydrogen-bond donors (Lipinski definition) is 2. The number of aromatic carboxylic acids is 1. The lowest BCUT2D eigenvalue weighted by Gasteiger charge is -2.06. The maximum atomic E-state index is 11.0. The van der Waals surface area contributed by atoms with Crippen LogP contribution in [0.2, 0.25) is 0 Å². The van der Waals surface area contributed by atoms with Gasteiger partial charge in [0, 0.05) is 16.9 Å². The molecule has 5 nitrogen and oxygen atoms in total. The van der Waals surface area contributed by atoms with Crippen molar-refractivity contribution < 1.29 is 9.90 Å². The van der Waals surface area contributed by atoms with E-state index in [1.807, 2.05) is 54.9 Å². The zero-order valence-electron chi connectivity index (χ0n) is 12.9. The number of aryl methyl sites for hydroxylation is 1. The normalized spacial score (nSPS) is 10.7. The van der Waals surface area contributed by atoms with Gasteiger partial charge in [0.1, 0.15) is 0 Å². The van der Waals surface area contributed by atoms with Gasteiger partial charge < -0.3 is 10.8 Å². The molecule has 0 saturated heterocycles. The summed E-state index contributed by atoms with van der Waals surface area (Å²) < 4.78 is 1.87. The van der Waals surface area contributed by atoms with Crippen LogP contribution in [0.15, 0.2) is 48.5 Å². The van der Waals surface area contributed by atoms with Crippen molar-refractivity contribution in [2.75, 3.05) is 5.73 Å². The van der Waals surface area contributed by atoms with Gasteiger partial charge in [-0.1, -0.05) is 12.1 Å². The van der Waals surface area contributed by atoms with Crippen LogP contribution in [0.5, 0.6) is 0 Å². The highest BCUT2D eigenvalue weighted by atomic mass is 16.4. The number of nitrogens with zero attached hydrogens (tertiary/aromatic N) is 2. The van der Waals surface area contributed by atoms with Crippen molar-refractivity contribution in [2.45, 2.75) is 13.8 Å². The van der Waals surface area contributed by atoms with E-state index in [1.165, 1.54) is 0 Å². The van der Waals surface area contributed by atoms with Crippen LogP contribution in [0.4, 0.5) is 5.69 Å². The Hall–Kier alpha value is -3.08. The van der Waals surface area contributed by atoms with Crippen LogP contribution in [0.1, 0.15) is 21.7 Å². The Morgan fingerprint density at radius 1 is 1.04 bits per heavy atom. The zero-order valence-corrected chi connectivity index (χ0v) is 12.9. The van der Waals surface area contributed by atoms with Crippen LogP contribution < -0.4 is 5.73 Å². The monoisotopic (exact) mass is 307 g/mol. The largest absolute Gasteiger partial charge is 0.478 e. The van der Waals surface area contributed by atoms with Crippen LogP contribution in [0.3, 0.4) is 0 Å². The molecule has 0 spiro atoms. The molecule has 0 aliphatic heterocycles. The van der Waals surface area contributed by atoms with Gasteiger partial charge in [0.05, 0.1) is 16.9 Å². The lowest BCUT2D eigenvalue weighted by Crippen LogP contribution is -1.99. The number of carbonyl (C=O) groups is 1. The molecule has 5 heteroatoms. The van der Waals surface area contributed by atoms with E-state index in [2.05, 4.69) is 5.10 Å². The predicted octanol–water partition coefficient (Wildman–Crippen LogP) is 3.44. The molecular formula is C18H17N3O2. The quantitative estimate of drug-likeness (QED) is 0.726. The minimum atomic E-state index is -0.928. The van der Waals surface area contributed by atoms with Gasteiger partial charge in [-0.05, 0) is 55.8 Å². The number of benzene rings is 2. The Kier molecular flexibility index (Phi) is 3.62. The topological polar surface area (TPSA) is 81.1 Å². The van der Waals surface area contributed by atoms with E-state index >= 15 is 0 Å². The van der Waals surface area contributed by atoms with Crippen LogP contribution >= 0.6 is 0 Å². The molecule has 3 aromatic rings. The first-order chi connectivity index (χ1) is 11.0. The number of carboxylic acid groups (broad SMARTS) is 1. The first-order valence-corrected chi connectivity index (χ1v) is 7.23. The molecular weight excluding hydrogens is 290 g/mol. The van der Waals surface area contributed by atoms with Gasteiger partial charge in [-0.3, -0.25) is 0 Å². The third-order valence-electron chi connectivity index (χ3n) is 3.85. The fourth-order valence-electron chi connectivity index (χ4n) is 2.71. The van der Waals surface area contributed by atoms with Crippen LogP contribution in [0, 0.1) is 13.8 Å². The summed E-state index contributed by atoms with van der Waals surface area (Å²) in [4.78, 5) is 11.0. The lowest BCUT2D eigenvalue weighted by atomic mass is 10.0. The predicted molar refractivity (Wildman–Crippen MR) is 89.8 cm³/mol. The molecule has 0 unspecified atom stereocenters. The van der Waals surface area contributed by atoms with Crippen LogP contribution in [0.25, 0.3) is 16.8 Å². The van der Waals surface area contributed by atoms with Crippen molar-refractivity contribution >= 4 is 11.7 Å². The summed E-state index contributed by atoms with van der Waals surface area (Å²) in [5.41, 5.74) is 11.5. The number of carboxylic acids is 1. The summed E-state index contributed by atoms with van der Waals surface area (Å²) in [7, 11) is 0. The van der Waals surface area contributed by atoms with E-state index in [1.54, 1.807) is 12.1 Å². The molecule has 0 radical (unpaired) electrons. The van der Waals surface area contributed by atoms with Crippen molar-refractivity contribution in [2.24, 2.45) is 0 Å². The summed E-state index contributed by atoms with van der Waals surface area (Å²) >= 11 is 0. The smallest absolute Gasteiger partial charge is 0.335 e. The standard InChI is InChI=1S/C18H17N3O2/c1-11-17(13-3-5-14(6-4-13)18(22)23)12(2)21(20-11)16-9-7-15(19)8-10-16/h3-10H,19H2,1-2H3,(H,22,23). The molecule has 3 rings (SSSR count). The second-order valence-electron chi connectivity index (χ2n) is 5.43. The van der Waals surface area contributed by atoms with Crippen molar-refractivity contribution in [1.82, 2.24) is 9.78 Å². The van der Waals surface area contributed by atoms with Gasteiger partial charge in [0.2, 0.25) is 0 Å². The summed E-state index contributed by atoms with van der Waals surface area (Å²) in [6, 6.07) is 14.4. The minimum absolute atomic E-state index is 0.273. The molecule has 0 saturated carbocycles. The second-order valence-corrected chi connectivity index (χ2v) is 5.43. The van der Waals surface area contributed by atoms with Crippen molar-refractivity contribution in [1.29, 1.82) is 0 Å². The molecule has 0 amide bonds. The van der Waals surface area contributed by atoms with Crippen molar-refractivity contribution in [3.63, 3.8) is 0 Å². The van der Waals surface area contributed by atoms with E-state index in [4.69, 9.17) is 10.8 Å². The molecule has 23 heavy (non-hydrogen) atoms. The molecule has 0 aliphatic rings. The van der Waals surface area contributed by atoms with E-state index in [9.17, 15) is 4.79 Å².